The predicted octanol–water partition coefficient (Wildman–Crippen LogP) is 5.70. The van der Waals surface area contributed by atoms with Gasteiger partial charge in [0.25, 0.3) is 5.91 Å². The van der Waals surface area contributed by atoms with E-state index in [0.29, 0.717) is 43.0 Å². The molecule has 35 heavy (non-hydrogen) atoms. The summed E-state index contributed by atoms with van der Waals surface area (Å²) in [6.45, 7) is 6.93. The third kappa shape index (κ3) is 7.94. The van der Waals surface area contributed by atoms with E-state index in [4.69, 9.17) is 9.47 Å². The van der Waals surface area contributed by atoms with E-state index in [1.54, 1.807) is 12.1 Å². The highest BCUT2D eigenvalue weighted by molar-refractivity contribution is 5.96. The van der Waals surface area contributed by atoms with Crippen molar-refractivity contribution in [3.05, 3.63) is 65.2 Å². The maximum Gasteiger partial charge on any atom is 0.308 e. The van der Waals surface area contributed by atoms with Gasteiger partial charge in [-0.2, -0.15) is 0 Å². The molecule has 0 heterocycles. The Bertz CT molecular complexity index is 973. The van der Waals surface area contributed by atoms with Crippen molar-refractivity contribution in [2.75, 3.05) is 13.2 Å². The Morgan fingerprint density at radius 1 is 0.914 bits per heavy atom. The molecule has 2 aromatic rings. The molecule has 1 amide bonds. The zero-order valence-electron chi connectivity index (χ0n) is 21.0. The number of Topliss-reactive ketones (excluding diaryl/α,β-unsaturated/α-hetero) is 1. The lowest BCUT2D eigenvalue weighted by Crippen LogP contribution is -2.29. The molecule has 1 N–H and O–H groups in total. The van der Waals surface area contributed by atoms with E-state index in [-0.39, 0.29) is 29.7 Å². The van der Waals surface area contributed by atoms with E-state index in [1.807, 2.05) is 43.3 Å². The van der Waals surface area contributed by atoms with Crippen LogP contribution in [0.4, 0.5) is 0 Å². The Balaban J connectivity index is 1.37. The zero-order valence-corrected chi connectivity index (χ0v) is 21.0. The largest absolute Gasteiger partial charge is 0.490 e. The molecule has 0 spiro atoms. The van der Waals surface area contributed by atoms with E-state index in [0.717, 1.165) is 31.4 Å². The normalized spacial score (nSPS) is 17.6. The van der Waals surface area contributed by atoms with Crippen molar-refractivity contribution < 1.29 is 23.9 Å². The number of ketones is 1. The van der Waals surface area contributed by atoms with Crippen LogP contribution in [0.15, 0.2) is 48.5 Å². The molecule has 188 valence electrons. The standard InChI is InChI=1S/C29H37NO5/c1-4-34-29(33)24-13-17-26(18-14-24)35-25-15-11-22(12-16-25)27(31)6-5-19-30-28(32)23-9-7-21(8-10-23)20(2)3/h7-12,15-16,20,24,26H,4-6,13-14,17-19H2,1-3H3,(H,30,32). The Labute approximate surface area is 208 Å². The number of hydrogen-bond donors (Lipinski definition) is 1. The zero-order chi connectivity index (χ0) is 25.2. The fourth-order valence-electron chi connectivity index (χ4n) is 4.30. The monoisotopic (exact) mass is 479 g/mol. The van der Waals surface area contributed by atoms with Crippen molar-refractivity contribution in [3.63, 3.8) is 0 Å². The van der Waals surface area contributed by atoms with Gasteiger partial charge < -0.3 is 14.8 Å². The first kappa shape index (κ1) is 26.5. The molecular formula is C29H37NO5. The molecule has 0 atom stereocenters. The van der Waals surface area contributed by atoms with E-state index in [1.165, 1.54) is 5.56 Å². The molecule has 0 radical (unpaired) electrons. The maximum absolute atomic E-state index is 12.5. The lowest BCUT2D eigenvalue weighted by molar-refractivity contribution is -0.149. The molecule has 2 aromatic carbocycles. The van der Waals surface area contributed by atoms with Crippen LogP contribution in [0, 0.1) is 5.92 Å². The van der Waals surface area contributed by atoms with Crippen molar-refractivity contribution in [2.24, 2.45) is 5.92 Å². The van der Waals surface area contributed by atoms with Crippen molar-refractivity contribution in [1.29, 1.82) is 0 Å². The molecule has 1 fully saturated rings. The summed E-state index contributed by atoms with van der Waals surface area (Å²) in [4.78, 5) is 36.7. The Kier molecular flexibility index (Phi) is 9.88. The Morgan fingerprint density at radius 3 is 2.14 bits per heavy atom. The lowest BCUT2D eigenvalue weighted by Gasteiger charge is -2.27. The van der Waals surface area contributed by atoms with Gasteiger partial charge in [-0.25, -0.2) is 0 Å². The summed E-state index contributed by atoms with van der Waals surface area (Å²) in [6, 6.07) is 14.9. The third-order valence-electron chi connectivity index (χ3n) is 6.48. The number of hydrogen-bond acceptors (Lipinski definition) is 5. The van der Waals surface area contributed by atoms with Crippen molar-refractivity contribution in [2.45, 2.75) is 71.3 Å². The van der Waals surface area contributed by atoms with Crippen LogP contribution in [0.5, 0.6) is 5.75 Å². The van der Waals surface area contributed by atoms with Crippen LogP contribution in [-0.2, 0) is 9.53 Å². The molecule has 6 nitrogen and oxygen atoms in total. The second kappa shape index (κ2) is 13.1. The number of rotatable bonds is 11. The Hall–Kier alpha value is -3.15. The van der Waals surface area contributed by atoms with Crippen LogP contribution in [0.25, 0.3) is 0 Å². The topological polar surface area (TPSA) is 81.7 Å². The minimum atomic E-state index is -0.120. The number of carbonyl (C=O) groups excluding carboxylic acids is 3. The summed E-state index contributed by atoms with van der Waals surface area (Å²) >= 11 is 0. The van der Waals surface area contributed by atoms with Crippen LogP contribution in [0.3, 0.4) is 0 Å². The highest BCUT2D eigenvalue weighted by Crippen LogP contribution is 2.28. The van der Waals surface area contributed by atoms with Gasteiger partial charge in [0.15, 0.2) is 5.78 Å². The van der Waals surface area contributed by atoms with E-state index in [2.05, 4.69) is 19.2 Å². The second-order valence-corrected chi connectivity index (χ2v) is 9.43. The quantitative estimate of drug-likeness (QED) is 0.254. The van der Waals surface area contributed by atoms with Crippen LogP contribution in [-0.4, -0.2) is 36.9 Å². The molecule has 1 aliphatic rings. The van der Waals surface area contributed by atoms with Crippen LogP contribution in [0.2, 0.25) is 0 Å². The number of ether oxygens (including phenoxy) is 2. The average molecular weight is 480 g/mol. The molecule has 3 rings (SSSR count). The van der Waals surface area contributed by atoms with Crippen LogP contribution < -0.4 is 10.1 Å². The highest BCUT2D eigenvalue weighted by atomic mass is 16.5. The fourth-order valence-corrected chi connectivity index (χ4v) is 4.30. The summed E-state index contributed by atoms with van der Waals surface area (Å²) in [6.07, 6.45) is 4.21. The van der Waals surface area contributed by atoms with Crippen molar-refractivity contribution in [3.8, 4) is 5.75 Å². The first-order chi connectivity index (χ1) is 16.9. The molecule has 6 heteroatoms. The van der Waals surface area contributed by atoms with Gasteiger partial charge in [-0.05, 0) is 86.9 Å². The second-order valence-electron chi connectivity index (χ2n) is 9.43. The van der Waals surface area contributed by atoms with Gasteiger partial charge in [-0.1, -0.05) is 26.0 Å². The fraction of sp³-hybridized carbons (Fsp3) is 0.483. The van der Waals surface area contributed by atoms with Crippen molar-refractivity contribution in [1.82, 2.24) is 5.32 Å². The summed E-state index contributed by atoms with van der Waals surface area (Å²) in [5.74, 6) is 0.958. The number of amides is 1. The molecule has 1 aliphatic carbocycles. The Morgan fingerprint density at radius 2 is 1.54 bits per heavy atom. The van der Waals surface area contributed by atoms with Gasteiger partial charge in [0, 0.05) is 24.1 Å². The lowest BCUT2D eigenvalue weighted by atomic mass is 9.87. The van der Waals surface area contributed by atoms with E-state index >= 15 is 0 Å². The van der Waals surface area contributed by atoms with Crippen LogP contribution >= 0.6 is 0 Å². The molecule has 0 saturated heterocycles. The number of nitrogens with one attached hydrogen (secondary N) is 1. The summed E-state index contributed by atoms with van der Waals surface area (Å²) in [7, 11) is 0. The molecular weight excluding hydrogens is 442 g/mol. The number of esters is 1. The summed E-state index contributed by atoms with van der Waals surface area (Å²) < 4.78 is 11.2. The molecule has 0 aliphatic heterocycles. The number of carbonyl (C=O) groups is 3. The third-order valence-corrected chi connectivity index (χ3v) is 6.48. The first-order valence-corrected chi connectivity index (χ1v) is 12.7. The number of benzene rings is 2. The molecule has 1 saturated carbocycles. The summed E-state index contributed by atoms with van der Waals surface area (Å²) in [5.41, 5.74) is 2.47. The van der Waals surface area contributed by atoms with Gasteiger partial charge in [-0.3, -0.25) is 14.4 Å². The summed E-state index contributed by atoms with van der Waals surface area (Å²) in [5, 5.41) is 2.89. The van der Waals surface area contributed by atoms with Crippen LogP contribution in [0.1, 0.15) is 91.5 Å². The minimum Gasteiger partial charge on any atom is -0.490 e. The SMILES string of the molecule is CCOC(=O)C1CCC(Oc2ccc(C(=O)CCCNC(=O)c3ccc(C(C)C)cc3)cc2)CC1. The van der Waals surface area contributed by atoms with Gasteiger partial charge >= 0.3 is 5.97 Å². The van der Waals surface area contributed by atoms with E-state index < -0.39 is 0 Å². The molecule has 0 bridgehead atoms. The molecule has 0 aromatic heterocycles. The van der Waals surface area contributed by atoms with Gasteiger partial charge in [0.2, 0.25) is 0 Å². The highest BCUT2D eigenvalue weighted by Gasteiger charge is 2.28. The minimum absolute atomic E-state index is 0.0231. The van der Waals surface area contributed by atoms with Gasteiger partial charge in [0.05, 0.1) is 18.6 Å². The maximum atomic E-state index is 12.5. The molecule has 0 unspecified atom stereocenters. The van der Waals surface area contributed by atoms with Gasteiger partial charge in [-0.15, -0.1) is 0 Å². The van der Waals surface area contributed by atoms with Gasteiger partial charge in [0.1, 0.15) is 5.75 Å². The van der Waals surface area contributed by atoms with E-state index in [9.17, 15) is 14.4 Å². The predicted molar refractivity (Wildman–Crippen MR) is 136 cm³/mol. The average Bonchev–Trinajstić information content (AvgIpc) is 2.87. The first-order valence-electron chi connectivity index (χ1n) is 12.7. The van der Waals surface area contributed by atoms with Crippen molar-refractivity contribution >= 4 is 17.7 Å². The smallest absolute Gasteiger partial charge is 0.308 e.